The highest BCUT2D eigenvalue weighted by Gasteiger charge is 2.38. The number of nitrogens with one attached hydrogen (secondary N) is 2. The molecule has 0 spiro atoms. The average Bonchev–Trinajstić information content (AvgIpc) is 3.33. The lowest BCUT2D eigenvalue weighted by Crippen LogP contribution is -2.51. The number of rotatable bonds is 6. The highest BCUT2D eigenvalue weighted by atomic mass is 16.2. The van der Waals surface area contributed by atoms with Crippen LogP contribution >= 0.6 is 0 Å². The molecule has 2 fully saturated rings. The van der Waals surface area contributed by atoms with Gasteiger partial charge in [0, 0.05) is 36.9 Å². The van der Waals surface area contributed by atoms with Gasteiger partial charge in [0.2, 0.25) is 5.82 Å². The minimum Gasteiger partial charge on any atom is -0.347 e. The van der Waals surface area contributed by atoms with Crippen molar-refractivity contribution in [3.63, 3.8) is 0 Å². The summed E-state index contributed by atoms with van der Waals surface area (Å²) >= 11 is 0. The van der Waals surface area contributed by atoms with Gasteiger partial charge in [0.1, 0.15) is 0 Å². The van der Waals surface area contributed by atoms with Crippen molar-refractivity contribution in [3.05, 3.63) is 36.4 Å². The number of likely N-dealkylation sites (tertiary alicyclic amines) is 1. The minimum atomic E-state index is -0.493. The van der Waals surface area contributed by atoms with Crippen molar-refractivity contribution in [3.8, 4) is 17.3 Å². The Labute approximate surface area is 203 Å². The molecule has 0 bridgehead atoms. The van der Waals surface area contributed by atoms with Crippen molar-refractivity contribution in [1.82, 2.24) is 39.9 Å². The number of fused-ring (bicyclic) bond motifs is 1. The van der Waals surface area contributed by atoms with Crippen molar-refractivity contribution in [2.24, 2.45) is 0 Å². The molecule has 0 atom stereocenters. The van der Waals surface area contributed by atoms with Crippen molar-refractivity contribution < 1.29 is 9.59 Å². The summed E-state index contributed by atoms with van der Waals surface area (Å²) in [6.07, 6.45) is 7.21. The monoisotopic (exact) mass is 475 g/mol. The molecule has 2 N–H and O–H groups in total. The molecule has 2 aliphatic rings. The van der Waals surface area contributed by atoms with Crippen molar-refractivity contribution in [2.75, 3.05) is 13.1 Å². The topological polar surface area (TPSA) is 133 Å². The Balaban J connectivity index is 1.39. The van der Waals surface area contributed by atoms with Gasteiger partial charge in [0.25, 0.3) is 5.91 Å². The number of nitrogens with zero attached hydrogens (tertiary/aromatic N) is 7. The number of carbonyl (C=O) groups is 2. The third kappa shape index (κ3) is 4.56. The molecule has 3 amide bonds. The van der Waals surface area contributed by atoms with Crippen molar-refractivity contribution >= 4 is 17.6 Å². The maximum atomic E-state index is 12.4. The van der Waals surface area contributed by atoms with Crippen LogP contribution in [0.4, 0.5) is 4.79 Å². The van der Waals surface area contributed by atoms with Gasteiger partial charge in [-0.2, -0.15) is 10.4 Å². The van der Waals surface area contributed by atoms with E-state index in [0.29, 0.717) is 38.0 Å². The lowest BCUT2D eigenvalue weighted by molar-refractivity contribution is 0.0940. The molecule has 0 radical (unpaired) electrons. The largest absolute Gasteiger partial charge is 0.347 e. The second kappa shape index (κ2) is 9.02. The Morgan fingerprint density at radius 1 is 1.26 bits per heavy atom. The Hall–Kier alpha value is -3.94. The van der Waals surface area contributed by atoms with E-state index in [1.54, 1.807) is 15.6 Å². The summed E-state index contributed by atoms with van der Waals surface area (Å²) in [5.41, 5.74) is 1.65. The van der Waals surface area contributed by atoms with Gasteiger partial charge in [-0.3, -0.25) is 9.48 Å². The van der Waals surface area contributed by atoms with Gasteiger partial charge in [-0.1, -0.05) is 6.07 Å². The maximum Gasteiger partial charge on any atom is 0.317 e. The Morgan fingerprint density at radius 2 is 2.03 bits per heavy atom. The number of nitriles is 1. The molecule has 0 unspecified atom stereocenters. The van der Waals surface area contributed by atoms with E-state index in [4.69, 9.17) is 0 Å². The van der Waals surface area contributed by atoms with Crippen LogP contribution in [0.25, 0.3) is 16.9 Å². The zero-order valence-electron chi connectivity index (χ0n) is 19.9. The number of pyridine rings is 1. The zero-order valence-corrected chi connectivity index (χ0v) is 19.9. The molecule has 1 aliphatic heterocycles. The van der Waals surface area contributed by atoms with Crippen LogP contribution in [0.2, 0.25) is 0 Å². The number of hydrogen-bond acceptors (Lipinski definition) is 6. The molecule has 11 heteroatoms. The Morgan fingerprint density at radius 3 is 2.71 bits per heavy atom. The van der Waals surface area contributed by atoms with Gasteiger partial charge in [0.15, 0.2) is 5.65 Å². The fourth-order valence-corrected chi connectivity index (χ4v) is 4.51. The van der Waals surface area contributed by atoms with Gasteiger partial charge in [-0.15, -0.1) is 5.10 Å². The molecular weight excluding hydrogens is 446 g/mol. The number of amides is 3. The van der Waals surface area contributed by atoms with Crippen LogP contribution in [0.5, 0.6) is 0 Å². The number of carbonyl (C=O) groups excluding carboxylic acids is 2. The van der Waals surface area contributed by atoms with Gasteiger partial charge in [-0.25, -0.2) is 14.3 Å². The number of aromatic nitrogens is 5. The van der Waals surface area contributed by atoms with Gasteiger partial charge in [-0.05, 0) is 51.7 Å². The summed E-state index contributed by atoms with van der Waals surface area (Å²) in [5.74, 6) is -0.121. The smallest absolute Gasteiger partial charge is 0.317 e. The first-order chi connectivity index (χ1) is 16.9. The zero-order chi connectivity index (χ0) is 24.6. The average molecular weight is 476 g/mol. The van der Waals surface area contributed by atoms with E-state index in [0.717, 1.165) is 24.1 Å². The number of piperidine rings is 1. The lowest BCUT2D eigenvalue weighted by atomic mass is 9.85. The molecule has 5 rings (SSSR count). The quantitative estimate of drug-likeness (QED) is 0.562. The second-order valence-corrected chi connectivity index (χ2v) is 9.69. The highest BCUT2D eigenvalue weighted by molar-refractivity contribution is 5.91. The van der Waals surface area contributed by atoms with E-state index in [1.807, 2.05) is 42.9 Å². The SMILES string of the molecule is CC(C)NC(=O)N1CCC(CC#N)(n2cc(-c3cccc4nc(C(=O)NC5CC5)nn34)cn2)CC1. The van der Waals surface area contributed by atoms with Crippen LogP contribution in [0, 0.1) is 11.3 Å². The summed E-state index contributed by atoms with van der Waals surface area (Å²) < 4.78 is 3.51. The second-order valence-electron chi connectivity index (χ2n) is 9.69. The first-order valence-electron chi connectivity index (χ1n) is 12.0. The molecule has 0 aromatic carbocycles. The van der Waals surface area contributed by atoms with Gasteiger partial charge >= 0.3 is 6.03 Å². The third-order valence-electron chi connectivity index (χ3n) is 6.64. The van der Waals surface area contributed by atoms with Crippen LogP contribution in [-0.2, 0) is 5.54 Å². The Bertz CT molecular complexity index is 1290. The molecule has 3 aromatic heterocycles. The molecule has 11 nitrogen and oxygen atoms in total. The highest BCUT2D eigenvalue weighted by Crippen LogP contribution is 2.34. The van der Waals surface area contributed by atoms with Crippen molar-refractivity contribution in [1.29, 1.82) is 5.26 Å². The summed E-state index contributed by atoms with van der Waals surface area (Å²) in [5, 5.41) is 24.5. The first-order valence-corrected chi connectivity index (χ1v) is 12.0. The molecule has 4 heterocycles. The lowest BCUT2D eigenvalue weighted by Gasteiger charge is -2.40. The molecule has 1 aliphatic carbocycles. The third-order valence-corrected chi connectivity index (χ3v) is 6.64. The van der Waals surface area contributed by atoms with E-state index in [1.165, 1.54) is 0 Å². The van der Waals surface area contributed by atoms with Crippen LogP contribution in [-0.4, -0.2) is 66.4 Å². The van der Waals surface area contributed by atoms with Gasteiger partial charge in [0.05, 0.1) is 29.9 Å². The Kier molecular flexibility index (Phi) is 5.88. The van der Waals surface area contributed by atoms with E-state index >= 15 is 0 Å². The summed E-state index contributed by atoms with van der Waals surface area (Å²) in [7, 11) is 0. The fourth-order valence-electron chi connectivity index (χ4n) is 4.51. The predicted molar refractivity (Wildman–Crippen MR) is 127 cm³/mol. The summed E-state index contributed by atoms with van der Waals surface area (Å²) in [6.45, 7) is 4.97. The minimum absolute atomic E-state index is 0.0711. The molecule has 35 heavy (non-hydrogen) atoms. The first kappa shape index (κ1) is 22.8. The van der Waals surface area contributed by atoms with E-state index in [-0.39, 0.29) is 29.8 Å². The predicted octanol–water partition coefficient (Wildman–Crippen LogP) is 2.31. The van der Waals surface area contributed by atoms with Crippen molar-refractivity contribution in [2.45, 2.75) is 63.6 Å². The molecule has 1 saturated heterocycles. The normalized spacial score (nSPS) is 17.4. The van der Waals surface area contributed by atoms with Crippen LogP contribution < -0.4 is 10.6 Å². The molecule has 182 valence electrons. The molecule has 1 saturated carbocycles. The van der Waals surface area contributed by atoms with E-state index in [9.17, 15) is 14.9 Å². The summed E-state index contributed by atoms with van der Waals surface area (Å²) in [4.78, 5) is 31.1. The van der Waals surface area contributed by atoms with Gasteiger partial charge < -0.3 is 15.5 Å². The van der Waals surface area contributed by atoms with E-state index in [2.05, 4.69) is 31.9 Å². The van der Waals surface area contributed by atoms with Crippen LogP contribution in [0.1, 0.15) is 56.6 Å². The molecular formula is C24H29N9O2. The maximum absolute atomic E-state index is 12.4. The van der Waals surface area contributed by atoms with E-state index < -0.39 is 5.54 Å². The standard InChI is InChI=1S/C24H29N9O2/c1-16(2)27-23(35)31-12-9-24(8-11-25,10-13-31)32-15-17(14-26-32)19-4-3-5-20-29-21(30-33(19)20)22(34)28-18-6-7-18/h3-5,14-16,18H,6-10,12-13H2,1-2H3,(H,27,35)(H,28,34). The fraction of sp³-hybridized carbons (Fsp3) is 0.500. The number of hydrogen-bond donors (Lipinski definition) is 2. The summed E-state index contributed by atoms with van der Waals surface area (Å²) in [6, 6.07) is 8.12. The van der Waals surface area contributed by atoms with Crippen LogP contribution in [0.15, 0.2) is 30.6 Å². The number of urea groups is 1. The van der Waals surface area contributed by atoms with Crippen LogP contribution in [0.3, 0.4) is 0 Å². The molecule has 3 aromatic rings.